The molecule has 3 rings (SSSR count). The Labute approximate surface area is 201 Å². The second kappa shape index (κ2) is 10.8. The molecular formula is C24H25ClF2N2O5. The van der Waals surface area contributed by atoms with E-state index in [1.54, 1.807) is 19.1 Å². The number of amides is 2. The molecule has 34 heavy (non-hydrogen) atoms. The van der Waals surface area contributed by atoms with Crippen LogP contribution in [0.5, 0.6) is 5.75 Å². The molecule has 7 nitrogen and oxygen atoms in total. The van der Waals surface area contributed by atoms with Crippen LogP contribution in [0.1, 0.15) is 35.7 Å². The highest BCUT2D eigenvalue weighted by atomic mass is 35.5. The maximum atomic E-state index is 13.9. The maximum absolute atomic E-state index is 13.9. The average Bonchev–Trinajstić information content (AvgIpc) is 2.80. The molecule has 2 amide bonds. The van der Waals surface area contributed by atoms with Gasteiger partial charge >= 0.3 is 5.97 Å². The predicted octanol–water partition coefficient (Wildman–Crippen LogP) is 4.36. The second-order valence-corrected chi connectivity index (χ2v) is 8.47. The van der Waals surface area contributed by atoms with E-state index < -0.39 is 41.4 Å². The number of carbonyl (C=O) groups is 3. The number of methoxy groups -OCH3 is 1. The van der Waals surface area contributed by atoms with Gasteiger partial charge in [0.2, 0.25) is 0 Å². The number of ether oxygens (including phenoxy) is 2. The molecule has 1 aliphatic rings. The summed E-state index contributed by atoms with van der Waals surface area (Å²) in [7, 11) is 1.45. The highest BCUT2D eigenvalue weighted by molar-refractivity contribution is 6.31. The van der Waals surface area contributed by atoms with Crippen LogP contribution in [0.25, 0.3) is 0 Å². The molecule has 0 saturated carbocycles. The van der Waals surface area contributed by atoms with E-state index in [2.05, 4.69) is 5.32 Å². The van der Waals surface area contributed by atoms with Crippen LogP contribution in [-0.2, 0) is 14.3 Å². The van der Waals surface area contributed by atoms with Gasteiger partial charge in [0.05, 0.1) is 24.3 Å². The van der Waals surface area contributed by atoms with Gasteiger partial charge < -0.3 is 19.7 Å². The molecule has 1 heterocycles. The van der Waals surface area contributed by atoms with E-state index in [1.165, 1.54) is 18.9 Å². The van der Waals surface area contributed by atoms with E-state index in [1.807, 2.05) is 0 Å². The molecule has 1 aliphatic heterocycles. The Kier molecular flexibility index (Phi) is 8.09. The number of aryl methyl sites for hydroxylation is 1. The molecule has 1 fully saturated rings. The van der Waals surface area contributed by atoms with Gasteiger partial charge in [-0.15, -0.1) is 0 Å². The van der Waals surface area contributed by atoms with Gasteiger partial charge in [0.15, 0.2) is 6.10 Å². The smallest absolute Gasteiger partial charge is 0.309 e. The normalized spacial score (nSPS) is 14.9. The van der Waals surface area contributed by atoms with Crippen molar-refractivity contribution in [3.8, 4) is 5.75 Å². The van der Waals surface area contributed by atoms with Crippen molar-refractivity contribution in [3.63, 3.8) is 0 Å². The topological polar surface area (TPSA) is 84.9 Å². The number of hydrogen-bond acceptors (Lipinski definition) is 5. The summed E-state index contributed by atoms with van der Waals surface area (Å²) in [5.74, 6) is -3.49. The summed E-state index contributed by atoms with van der Waals surface area (Å²) in [6.07, 6.45) is -0.473. The van der Waals surface area contributed by atoms with E-state index >= 15 is 0 Å². The van der Waals surface area contributed by atoms with Crippen molar-refractivity contribution in [2.75, 3.05) is 25.5 Å². The van der Waals surface area contributed by atoms with Crippen molar-refractivity contribution in [2.24, 2.45) is 5.92 Å². The standard InChI is InChI=1S/C24H25ClF2N2O5/c1-13-10-20(21(33-3)12-18(13)25)28-22(30)14(2)34-24(32)15-6-8-29(9-7-15)23(31)17-5-4-16(26)11-19(17)27/h4-5,10-12,14-15H,6-9H2,1-3H3,(H,28,30). The molecule has 2 aromatic carbocycles. The fraction of sp³-hybridized carbons (Fsp3) is 0.375. The number of nitrogens with one attached hydrogen (secondary N) is 1. The summed E-state index contributed by atoms with van der Waals surface area (Å²) < 4.78 is 37.6. The Morgan fingerprint density at radius 3 is 2.44 bits per heavy atom. The summed E-state index contributed by atoms with van der Waals surface area (Å²) >= 11 is 6.08. The number of hydrogen-bond donors (Lipinski definition) is 1. The molecule has 0 aromatic heterocycles. The molecule has 10 heteroatoms. The second-order valence-electron chi connectivity index (χ2n) is 8.06. The van der Waals surface area contributed by atoms with Gasteiger partial charge in [0.25, 0.3) is 11.8 Å². The number of nitrogens with zero attached hydrogens (tertiary/aromatic N) is 1. The Bertz CT molecular complexity index is 1100. The molecule has 0 aliphatic carbocycles. The lowest BCUT2D eigenvalue weighted by atomic mass is 9.96. The summed E-state index contributed by atoms with van der Waals surface area (Å²) in [4.78, 5) is 39.1. The van der Waals surface area contributed by atoms with E-state index in [0.717, 1.165) is 17.7 Å². The summed E-state index contributed by atoms with van der Waals surface area (Å²) in [6, 6.07) is 6.02. The molecule has 2 aromatic rings. The van der Waals surface area contributed by atoms with Gasteiger partial charge in [0.1, 0.15) is 17.4 Å². The monoisotopic (exact) mass is 494 g/mol. The number of esters is 1. The minimum absolute atomic E-state index is 0.206. The zero-order valence-corrected chi connectivity index (χ0v) is 19.7. The number of benzene rings is 2. The lowest BCUT2D eigenvalue weighted by Crippen LogP contribution is -2.42. The predicted molar refractivity (Wildman–Crippen MR) is 122 cm³/mol. The average molecular weight is 495 g/mol. The van der Waals surface area contributed by atoms with Crippen molar-refractivity contribution in [1.82, 2.24) is 4.90 Å². The largest absolute Gasteiger partial charge is 0.495 e. The first-order valence-corrected chi connectivity index (χ1v) is 11.1. The Morgan fingerprint density at radius 2 is 1.82 bits per heavy atom. The first-order chi connectivity index (χ1) is 16.1. The number of likely N-dealkylation sites (tertiary alicyclic amines) is 1. The van der Waals surface area contributed by atoms with E-state index in [9.17, 15) is 23.2 Å². The Balaban J connectivity index is 1.54. The molecule has 0 spiro atoms. The Morgan fingerprint density at radius 1 is 1.15 bits per heavy atom. The third-order valence-electron chi connectivity index (χ3n) is 5.68. The van der Waals surface area contributed by atoms with Crippen LogP contribution in [0.2, 0.25) is 5.02 Å². The van der Waals surface area contributed by atoms with Gasteiger partial charge in [0, 0.05) is 30.2 Å². The molecule has 1 saturated heterocycles. The SMILES string of the molecule is COc1cc(Cl)c(C)cc1NC(=O)C(C)OC(=O)C1CCN(C(=O)c2ccc(F)cc2F)CC1. The summed E-state index contributed by atoms with van der Waals surface area (Å²) in [5.41, 5.74) is 0.918. The van der Waals surface area contributed by atoms with Crippen molar-refractivity contribution in [3.05, 3.63) is 58.1 Å². The highest BCUT2D eigenvalue weighted by Crippen LogP contribution is 2.31. The minimum atomic E-state index is -1.07. The number of halogens is 3. The van der Waals surface area contributed by atoms with Crippen LogP contribution in [0.4, 0.5) is 14.5 Å². The molecule has 1 atom stereocenters. The number of rotatable bonds is 6. The molecule has 1 unspecified atom stereocenters. The fourth-order valence-electron chi connectivity index (χ4n) is 3.64. The lowest BCUT2D eigenvalue weighted by Gasteiger charge is -2.31. The van der Waals surface area contributed by atoms with Crippen molar-refractivity contribution in [1.29, 1.82) is 0 Å². The van der Waals surface area contributed by atoms with Gasteiger partial charge in [-0.25, -0.2) is 8.78 Å². The molecular weight excluding hydrogens is 470 g/mol. The molecule has 0 radical (unpaired) electrons. The van der Waals surface area contributed by atoms with E-state index in [4.69, 9.17) is 21.1 Å². The van der Waals surface area contributed by atoms with Gasteiger partial charge in [-0.1, -0.05) is 11.6 Å². The minimum Gasteiger partial charge on any atom is -0.495 e. The number of piperidine rings is 1. The lowest BCUT2D eigenvalue weighted by molar-refractivity contribution is -0.158. The zero-order chi connectivity index (χ0) is 25.0. The fourth-order valence-corrected chi connectivity index (χ4v) is 3.79. The van der Waals surface area contributed by atoms with Crippen LogP contribution in [0.15, 0.2) is 30.3 Å². The molecule has 182 valence electrons. The van der Waals surface area contributed by atoms with Crippen molar-refractivity contribution in [2.45, 2.75) is 32.8 Å². The maximum Gasteiger partial charge on any atom is 0.309 e. The van der Waals surface area contributed by atoms with Crippen molar-refractivity contribution < 1.29 is 32.6 Å². The van der Waals surface area contributed by atoms with Gasteiger partial charge in [-0.3, -0.25) is 14.4 Å². The van der Waals surface area contributed by atoms with Gasteiger partial charge in [-0.2, -0.15) is 0 Å². The molecule has 0 bridgehead atoms. The number of carbonyl (C=O) groups excluding carboxylic acids is 3. The van der Waals surface area contributed by atoms with Crippen molar-refractivity contribution >= 4 is 35.1 Å². The first-order valence-electron chi connectivity index (χ1n) is 10.7. The van der Waals surface area contributed by atoms with Crippen LogP contribution in [0, 0.1) is 24.5 Å². The van der Waals surface area contributed by atoms with Crippen LogP contribution in [-0.4, -0.2) is 49.0 Å². The molecule has 1 N–H and O–H groups in total. The zero-order valence-electron chi connectivity index (χ0n) is 19.0. The van der Waals surface area contributed by atoms with Crippen LogP contribution < -0.4 is 10.1 Å². The number of anilines is 1. The van der Waals surface area contributed by atoms with E-state index in [-0.39, 0.29) is 18.7 Å². The van der Waals surface area contributed by atoms with E-state index in [0.29, 0.717) is 35.4 Å². The van der Waals surface area contributed by atoms with Gasteiger partial charge in [-0.05, 0) is 50.5 Å². The first kappa shape index (κ1) is 25.4. The van der Waals surface area contributed by atoms with Crippen LogP contribution >= 0.6 is 11.6 Å². The Hall–Kier alpha value is -3.20. The highest BCUT2D eigenvalue weighted by Gasteiger charge is 2.31. The summed E-state index contributed by atoms with van der Waals surface area (Å²) in [6.45, 7) is 3.65. The third-order valence-corrected chi connectivity index (χ3v) is 6.09. The third kappa shape index (κ3) is 5.83. The van der Waals surface area contributed by atoms with Crippen LogP contribution in [0.3, 0.4) is 0 Å². The quantitative estimate of drug-likeness (QED) is 0.603. The summed E-state index contributed by atoms with van der Waals surface area (Å²) in [5, 5.41) is 3.16.